The van der Waals surface area contributed by atoms with Gasteiger partial charge in [0.2, 0.25) is 0 Å². The summed E-state index contributed by atoms with van der Waals surface area (Å²) in [5, 5.41) is 0. The van der Waals surface area contributed by atoms with Gasteiger partial charge in [-0.1, -0.05) is 39.8 Å². The monoisotopic (exact) mass is 342 g/mol. The van der Waals surface area contributed by atoms with Gasteiger partial charge < -0.3 is 9.47 Å². The molecule has 0 saturated carbocycles. The van der Waals surface area contributed by atoms with Crippen LogP contribution in [0.25, 0.3) is 0 Å². The van der Waals surface area contributed by atoms with Crippen molar-refractivity contribution in [1.29, 1.82) is 0 Å². The second-order valence-corrected chi connectivity index (χ2v) is 7.17. The van der Waals surface area contributed by atoms with Gasteiger partial charge in [-0.05, 0) is 36.0 Å². The Morgan fingerprint density at radius 2 is 2.00 bits per heavy atom. The summed E-state index contributed by atoms with van der Waals surface area (Å²) in [5.41, 5.74) is 1.98. The van der Waals surface area contributed by atoms with E-state index in [2.05, 4.69) is 37.9 Å². The molecule has 1 atom stereocenters. The number of hydrogen-bond acceptors (Lipinski definition) is 4. The summed E-state index contributed by atoms with van der Waals surface area (Å²) in [7, 11) is 0. The van der Waals surface area contributed by atoms with Crippen LogP contribution < -0.4 is 15.0 Å². The number of nitrogens with zero attached hydrogens (tertiary/aromatic N) is 2. The molecule has 0 bridgehead atoms. The maximum Gasteiger partial charge on any atom is 0.300 e. The van der Waals surface area contributed by atoms with Crippen molar-refractivity contribution in [2.24, 2.45) is 0 Å². The Labute approximate surface area is 148 Å². The lowest BCUT2D eigenvalue weighted by atomic mass is 9.82. The van der Waals surface area contributed by atoms with Crippen molar-refractivity contribution < 1.29 is 9.47 Å². The first-order valence-corrected chi connectivity index (χ1v) is 8.93. The summed E-state index contributed by atoms with van der Waals surface area (Å²) in [5.74, 6) is 0.826. The Morgan fingerprint density at radius 3 is 2.64 bits per heavy atom. The smallest absolute Gasteiger partial charge is 0.300 e. The fourth-order valence-corrected chi connectivity index (χ4v) is 2.88. The molecule has 2 aromatic rings. The number of aromatic nitrogens is 2. The van der Waals surface area contributed by atoms with E-state index < -0.39 is 0 Å². The van der Waals surface area contributed by atoms with Crippen LogP contribution in [-0.4, -0.2) is 22.3 Å². The first-order valence-electron chi connectivity index (χ1n) is 8.93. The number of fused-ring (bicyclic) bond motifs is 1. The quantitative estimate of drug-likeness (QED) is 0.808. The Kier molecular flexibility index (Phi) is 4.84. The van der Waals surface area contributed by atoms with E-state index in [1.54, 1.807) is 0 Å². The molecule has 0 saturated heterocycles. The average Bonchev–Trinajstić information content (AvgIpc) is 3.01. The number of benzene rings is 1. The summed E-state index contributed by atoms with van der Waals surface area (Å²) in [6, 6.07) is 8.64. The Balaban J connectivity index is 1.61. The van der Waals surface area contributed by atoms with Gasteiger partial charge in [-0.25, -0.2) is 0 Å². The van der Waals surface area contributed by atoms with Crippen LogP contribution in [0.1, 0.15) is 45.2 Å². The van der Waals surface area contributed by atoms with Crippen molar-refractivity contribution >= 4 is 0 Å². The third-order valence-corrected chi connectivity index (χ3v) is 5.04. The van der Waals surface area contributed by atoms with E-state index in [9.17, 15) is 4.79 Å². The van der Waals surface area contributed by atoms with Crippen molar-refractivity contribution in [1.82, 2.24) is 9.55 Å². The number of aryl methyl sites for hydroxylation is 1. The van der Waals surface area contributed by atoms with Gasteiger partial charge in [0.25, 0.3) is 11.6 Å². The molecule has 0 spiro atoms. The van der Waals surface area contributed by atoms with Crippen LogP contribution in [0.5, 0.6) is 11.8 Å². The molecule has 0 aliphatic carbocycles. The van der Waals surface area contributed by atoms with Crippen LogP contribution in [0.3, 0.4) is 0 Å². The van der Waals surface area contributed by atoms with E-state index in [0.29, 0.717) is 31.1 Å². The summed E-state index contributed by atoms with van der Waals surface area (Å²) in [6.07, 6.45) is 3.47. The highest BCUT2D eigenvalue weighted by Gasteiger charge is 2.25. The molecule has 5 nitrogen and oxygen atoms in total. The zero-order chi connectivity index (χ0) is 18.0. The van der Waals surface area contributed by atoms with E-state index in [-0.39, 0.29) is 17.1 Å². The highest BCUT2D eigenvalue weighted by molar-refractivity contribution is 5.31. The lowest BCUT2D eigenvalue weighted by Gasteiger charge is -2.23. The molecule has 0 fully saturated rings. The second-order valence-electron chi connectivity index (χ2n) is 7.17. The Morgan fingerprint density at radius 1 is 1.28 bits per heavy atom. The molecule has 1 aromatic heterocycles. The van der Waals surface area contributed by atoms with Crippen LogP contribution in [0.4, 0.5) is 0 Å². The van der Waals surface area contributed by atoms with Gasteiger partial charge in [-0.3, -0.25) is 9.36 Å². The van der Waals surface area contributed by atoms with Crippen molar-refractivity contribution in [3.8, 4) is 11.8 Å². The molecular weight excluding hydrogens is 316 g/mol. The van der Waals surface area contributed by atoms with Crippen LogP contribution >= 0.6 is 0 Å². The minimum absolute atomic E-state index is 0.134. The molecule has 5 heteroatoms. The molecule has 0 N–H and O–H groups in total. The van der Waals surface area contributed by atoms with Crippen LogP contribution in [0, 0.1) is 0 Å². The fourth-order valence-electron chi connectivity index (χ4n) is 2.88. The average molecular weight is 342 g/mol. The largest absolute Gasteiger partial charge is 0.490 e. The Hall–Kier alpha value is -2.30. The summed E-state index contributed by atoms with van der Waals surface area (Å²) >= 11 is 0. The van der Waals surface area contributed by atoms with Crippen LogP contribution in [0.15, 0.2) is 35.3 Å². The van der Waals surface area contributed by atoms with Gasteiger partial charge in [-0.15, -0.1) is 0 Å². The van der Waals surface area contributed by atoms with Crippen LogP contribution in [0.2, 0.25) is 0 Å². The van der Waals surface area contributed by atoms with Gasteiger partial charge in [0.05, 0.1) is 6.54 Å². The minimum atomic E-state index is -0.204. The highest BCUT2D eigenvalue weighted by Crippen LogP contribution is 2.28. The molecule has 1 aromatic carbocycles. The predicted molar refractivity (Wildman–Crippen MR) is 97.5 cm³/mol. The van der Waals surface area contributed by atoms with Crippen molar-refractivity contribution in [2.45, 2.75) is 58.6 Å². The van der Waals surface area contributed by atoms with Crippen LogP contribution in [-0.2, 0) is 18.4 Å². The SMILES string of the molecule is CCc1cn2c(nc1=O)OC(COc1ccc(C(C)(C)CC)cc1)C2. The lowest BCUT2D eigenvalue weighted by molar-refractivity contribution is 0.143. The molecule has 3 rings (SSSR count). The van der Waals surface area contributed by atoms with E-state index in [1.165, 1.54) is 5.56 Å². The van der Waals surface area contributed by atoms with E-state index in [4.69, 9.17) is 9.47 Å². The minimum Gasteiger partial charge on any atom is -0.490 e. The fraction of sp³-hybridized carbons (Fsp3) is 0.500. The molecule has 25 heavy (non-hydrogen) atoms. The first kappa shape index (κ1) is 17.5. The third kappa shape index (κ3) is 3.70. The molecule has 1 unspecified atom stereocenters. The van der Waals surface area contributed by atoms with E-state index >= 15 is 0 Å². The van der Waals surface area contributed by atoms with Gasteiger partial charge in [0.15, 0.2) is 6.10 Å². The van der Waals surface area contributed by atoms with Gasteiger partial charge in [0, 0.05) is 11.8 Å². The molecule has 1 aliphatic heterocycles. The van der Waals surface area contributed by atoms with E-state index in [1.807, 2.05) is 29.8 Å². The normalized spacial score (nSPS) is 16.4. The van der Waals surface area contributed by atoms with Gasteiger partial charge in [0.1, 0.15) is 12.4 Å². The van der Waals surface area contributed by atoms with Crippen molar-refractivity contribution in [2.75, 3.05) is 6.61 Å². The van der Waals surface area contributed by atoms with Gasteiger partial charge in [-0.2, -0.15) is 4.98 Å². The van der Waals surface area contributed by atoms with Crippen molar-refractivity contribution in [3.63, 3.8) is 0 Å². The zero-order valence-corrected chi connectivity index (χ0v) is 15.4. The van der Waals surface area contributed by atoms with E-state index in [0.717, 1.165) is 12.2 Å². The summed E-state index contributed by atoms with van der Waals surface area (Å²) in [4.78, 5) is 15.8. The standard InChI is InChI=1S/C20H26N2O3/c1-5-14-11-22-12-17(25-19(22)21-18(14)23)13-24-16-9-7-15(8-10-16)20(3,4)6-2/h7-11,17H,5-6,12-13H2,1-4H3. The molecule has 0 amide bonds. The maximum atomic E-state index is 11.8. The molecule has 2 heterocycles. The van der Waals surface area contributed by atoms with Gasteiger partial charge >= 0.3 is 0 Å². The molecule has 0 radical (unpaired) electrons. The summed E-state index contributed by atoms with van der Waals surface area (Å²) in [6.45, 7) is 9.71. The lowest BCUT2D eigenvalue weighted by Crippen LogP contribution is -2.23. The number of rotatable bonds is 6. The number of hydrogen-bond donors (Lipinski definition) is 0. The second kappa shape index (κ2) is 6.90. The third-order valence-electron chi connectivity index (χ3n) is 5.04. The maximum absolute atomic E-state index is 11.8. The van der Waals surface area contributed by atoms with Crippen molar-refractivity contribution in [3.05, 3.63) is 51.9 Å². The zero-order valence-electron chi connectivity index (χ0n) is 15.4. The number of ether oxygens (including phenoxy) is 2. The predicted octanol–water partition coefficient (Wildman–Crippen LogP) is 3.33. The molecular formula is C20H26N2O3. The topological polar surface area (TPSA) is 53.4 Å². The molecule has 1 aliphatic rings. The summed E-state index contributed by atoms with van der Waals surface area (Å²) < 4.78 is 13.5. The highest BCUT2D eigenvalue weighted by atomic mass is 16.6. The Bertz CT molecular complexity index is 794. The first-order chi connectivity index (χ1) is 11.9. The molecule has 134 valence electrons.